The summed E-state index contributed by atoms with van der Waals surface area (Å²) < 4.78 is 2.00. The quantitative estimate of drug-likeness (QED) is 0.818. The number of fused-ring (bicyclic) bond motifs is 1. The maximum absolute atomic E-state index is 12.1. The first-order valence-electron chi connectivity index (χ1n) is 9.64. The predicted molar refractivity (Wildman–Crippen MR) is 104 cm³/mol. The predicted octanol–water partition coefficient (Wildman–Crippen LogP) is 3.51. The van der Waals surface area contributed by atoms with E-state index in [4.69, 9.17) is 0 Å². The molecule has 5 nitrogen and oxygen atoms in total. The molecule has 2 aliphatic rings. The zero-order chi connectivity index (χ0) is 17.9. The molecule has 0 unspecified atom stereocenters. The zero-order valence-electron chi connectivity index (χ0n) is 15.3. The van der Waals surface area contributed by atoms with Crippen molar-refractivity contribution < 1.29 is 4.79 Å². The van der Waals surface area contributed by atoms with E-state index in [1.165, 1.54) is 55.0 Å². The summed E-state index contributed by atoms with van der Waals surface area (Å²) >= 11 is 1.46. The van der Waals surface area contributed by atoms with E-state index in [0.29, 0.717) is 11.8 Å². The average Bonchev–Trinajstić information content (AvgIpc) is 3.29. The summed E-state index contributed by atoms with van der Waals surface area (Å²) in [6.45, 7) is 0. The number of rotatable bonds is 5. The van der Waals surface area contributed by atoms with E-state index < -0.39 is 0 Å². The van der Waals surface area contributed by atoms with Crippen molar-refractivity contribution in [1.82, 2.24) is 20.1 Å². The molecule has 0 saturated heterocycles. The number of benzene rings is 1. The Bertz CT molecular complexity index is 795. The first-order valence-corrected chi connectivity index (χ1v) is 10.6. The smallest absolute Gasteiger partial charge is 0.230 e. The van der Waals surface area contributed by atoms with Gasteiger partial charge in [0.1, 0.15) is 0 Å². The fraction of sp³-hybridized carbons (Fsp3) is 0.550. The standard InChI is InChI=1S/C20H26N4OS/c1-24-19(16-11-10-14-6-2-3-7-15(14)12-16)22-23-20(24)26-13-18(25)21-17-8-4-5-9-17/h10-12,17H,2-9,13H2,1H3,(H,21,25). The molecule has 1 aromatic carbocycles. The van der Waals surface area contributed by atoms with Crippen LogP contribution in [0.5, 0.6) is 0 Å². The Hall–Kier alpha value is -1.82. The molecule has 1 N–H and O–H groups in total. The normalized spacial score (nSPS) is 17.3. The third-order valence-corrected chi connectivity index (χ3v) is 6.51. The first-order chi connectivity index (χ1) is 12.7. The lowest BCUT2D eigenvalue weighted by Gasteiger charge is -2.16. The van der Waals surface area contributed by atoms with E-state index >= 15 is 0 Å². The molecule has 2 aliphatic carbocycles. The average molecular weight is 371 g/mol. The van der Waals surface area contributed by atoms with E-state index in [0.717, 1.165) is 35.8 Å². The molecule has 0 aliphatic heterocycles. The molecular formula is C20H26N4OS. The van der Waals surface area contributed by atoms with Crippen molar-refractivity contribution in [2.45, 2.75) is 62.6 Å². The lowest BCUT2D eigenvalue weighted by Crippen LogP contribution is -2.33. The Kier molecular flexibility index (Phi) is 5.29. The van der Waals surface area contributed by atoms with E-state index in [1.807, 2.05) is 11.6 Å². The summed E-state index contributed by atoms with van der Waals surface area (Å²) in [6.07, 6.45) is 9.59. The van der Waals surface area contributed by atoms with Crippen LogP contribution in [0.2, 0.25) is 0 Å². The molecular weight excluding hydrogens is 344 g/mol. The summed E-state index contributed by atoms with van der Waals surface area (Å²) in [6, 6.07) is 7.02. The monoisotopic (exact) mass is 370 g/mol. The molecule has 0 spiro atoms. The molecule has 0 bridgehead atoms. The second kappa shape index (κ2) is 7.82. The lowest BCUT2D eigenvalue weighted by atomic mass is 9.90. The van der Waals surface area contributed by atoms with Crippen molar-refractivity contribution >= 4 is 17.7 Å². The Morgan fingerprint density at radius 3 is 2.73 bits per heavy atom. The molecule has 0 atom stereocenters. The van der Waals surface area contributed by atoms with Gasteiger partial charge in [0.25, 0.3) is 0 Å². The van der Waals surface area contributed by atoms with Crippen LogP contribution in [-0.4, -0.2) is 32.5 Å². The van der Waals surface area contributed by atoms with Gasteiger partial charge < -0.3 is 9.88 Å². The van der Waals surface area contributed by atoms with Crippen LogP contribution in [0.3, 0.4) is 0 Å². The minimum absolute atomic E-state index is 0.0974. The molecule has 1 aromatic heterocycles. The summed E-state index contributed by atoms with van der Waals surface area (Å²) in [5.41, 5.74) is 4.03. The van der Waals surface area contributed by atoms with E-state index in [-0.39, 0.29) is 5.91 Å². The van der Waals surface area contributed by atoms with E-state index in [9.17, 15) is 4.79 Å². The van der Waals surface area contributed by atoms with Crippen LogP contribution in [-0.2, 0) is 24.7 Å². The minimum atomic E-state index is 0.0974. The van der Waals surface area contributed by atoms with Crippen molar-refractivity contribution in [2.75, 3.05) is 5.75 Å². The van der Waals surface area contributed by atoms with Gasteiger partial charge in [-0.05, 0) is 55.7 Å². The Labute approximate surface area is 159 Å². The molecule has 138 valence electrons. The highest BCUT2D eigenvalue weighted by Gasteiger charge is 2.19. The van der Waals surface area contributed by atoms with Crippen molar-refractivity contribution in [3.63, 3.8) is 0 Å². The highest BCUT2D eigenvalue weighted by atomic mass is 32.2. The van der Waals surface area contributed by atoms with Gasteiger partial charge >= 0.3 is 0 Å². The van der Waals surface area contributed by atoms with E-state index in [1.54, 1.807) is 0 Å². The SMILES string of the molecule is Cn1c(SCC(=O)NC2CCCC2)nnc1-c1ccc2c(c1)CCCC2. The molecule has 1 fully saturated rings. The third-order valence-electron chi connectivity index (χ3n) is 5.49. The maximum atomic E-state index is 12.1. The van der Waals surface area contributed by atoms with Crippen LogP contribution < -0.4 is 5.32 Å². The maximum Gasteiger partial charge on any atom is 0.230 e. The number of carbonyl (C=O) groups is 1. The Morgan fingerprint density at radius 1 is 1.15 bits per heavy atom. The number of amides is 1. The number of carbonyl (C=O) groups excluding carboxylic acids is 1. The number of aryl methyl sites for hydroxylation is 2. The summed E-state index contributed by atoms with van der Waals surface area (Å²) in [5.74, 6) is 1.37. The topological polar surface area (TPSA) is 59.8 Å². The van der Waals surface area contributed by atoms with Crippen molar-refractivity contribution in [3.05, 3.63) is 29.3 Å². The van der Waals surface area contributed by atoms with Crippen molar-refractivity contribution in [1.29, 1.82) is 0 Å². The number of nitrogens with zero attached hydrogens (tertiary/aromatic N) is 3. The van der Waals surface area contributed by atoms with Crippen LogP contribution in [0.25, 0.3) is 11.4 Å². The van der Waals surface area contributed by atoms with Gasteiger partial charge in [-0.2, -0.15) is 0 Å². The summed E-state index contributed by atoms with van der Waals surface area (Å²) in [4.78, 5) is 12.1. The number of aromatic nitrogens is 3. The fourth-order valence-electron chi connectivity index (χ4n) is 4.03. The van der Waals surface area contributed by atoms with Gasteiger partial charge in [0.05, 0.1) is 5.75 Å². The summed E-state index contributed by atoms with van der Waals surface area (Å²) in [7, 11) is 1.98. The summed E-state index contributed by atoms with van der Waals surface area (Å²) in [5, 5.41) is 12.6. The first kappa shape index (κ1) is 17.6. The lowest BCUT2D eigenvalue weighted by molar-refractivity contribution is -0.119. The largest absolute Gasteiger partial charge is 0.353 e. The molecule has 1 saturated carbocycles. The number of hydrogen-bond donors (Lipinski definition) is 1. The molecule has 4 rings (SSSR count). The second-order valence-corrected chi connectivity index (χ2v) is 8.34. The highest BCUT2D eigenvalue weighted by Crippen LogP contribution is 2.28. The molecule has 1 heterocycles. The third kappa shape index (κ3) is 3.80. The Morgan fingerprint density at radius 2 is 1.92 bits per heavy atom. The van der Waals surface area contributed by atoms with Crippen LogP contribution in [0.1, 0.15) is 49.7 Å². The Balaban J connectivity index is 1.42. The minimum Gasteiger partial charge on any atom is -0.353 e. The number of nitrogens with one attached hydrogen (secondary N) is 1. The van der Waals surface area contributed by atoms with Crippen molar-refractivity contribution in [2.24, 2.45) is 7.05 Å². The van der Waals surface area contributed by atoms with Gasteiger partial charge in [-0.25, -0.2) is 0 Å². The highest BCUT2D eigenvalue weighted by molar-refractivity contribution is 7.99. The molecule has 1 amide bonds. The fourth-order valence-corrected chi connectivity index (χ4v) is 4.76. The van der Waals surface area contributed by atoms with Crippen LogP contribution >= 0.6 is 11.8 Å². The van der Waals surface area contributed by atoms with Gasteiger partial charge in [-0.1, -0.05) is 36.7 Å². The van der Waals surface area contributed by atoms with Gasteiger partial charge in [0.2, 0.25) is 5.91 Å². The van der Waals surface area contributed by atoms with Crippen LogP contribution in [0.4, 0.5) is 0 Å². The zero-order valence-corrected chi connectivity index (χ0v) is 16.1. The molecule has 0 radical (unpaired) electrons. The number of thioether (sulfide) groups is 1. The van der Waals surface area contributed by atoms with Gasteiger partial charge in [0, 0.05) is 18.7 Å². The van der Waals surface area contributed by atoms with E-state index in [2.05, 4.69) is 33.7 Å². The molecule has 6 heteroatoms. The molecule has 2 aromatic rings. The second-order valence-electron chi connectivity index (χ2n) is 7.39. The van der Waals surface area contributed by atoms with Crippen LogP contribution in [0, 0.1) is 0 Å². The van der Waals surface area contributed by atoms with Gasteiger partial charge in [-0.15, -0.1) is 10.2 Å². The number of hydrogen-bond acceptors (Lipinski definition) is 4. The van der Waals surface area contributed by atoms with Crippen LogP contribution in [0.15, 0.2) is 23.4 Å². The van der Waals surface area contributed by atoms with Crippen molar-refractivity contribution in [3.8, 4) is 11.4 Å². The van der Waals surface area contributed by atoms with Gasteiger partial charge in [-0.3, -0.25) is 4.79 Å². The van der Waals surface area contributed by atoms with Gasteiger partial charge in [0.15, 0.2) is 11.0 Å². The molecule has 26 heavy (non-hydrogen) atoms.